The van der Waals surface area contributed by atoms with E-state index in [1.165, 1.54) is 23.1 Å². The Morgan fingerprint density at radius 2 is 2.10 bits per heavy atom. The smallest absolute Gasteiger partial charge is 0.338 e. The summed E-state index contributed by atoms with van der Waals surface area (Å²) < 4.78 is 17.8. The molecule has 1 heterocycles. The van der Waals surface area contributed by atoms with Crippen molar-refractivity contribution in [2.75, 3.05) is 13.2 Å². The van der Waals surface area contributed by atoms with E-state index >= 15 is 0 Å². The van der Waals surface area contributed by atoms with Gasteiger partial charge < -0.3 is 10.1 Å². The maximum Gasteiger partial charge on any atom is 0.338 e. The molecule has 0 radical (unpaired) electrons. The summed E-state index contributed by atoms with van der Waals surface area (Å²) in [4.78, 5) is 24.3. The van der Waals surface area contributed by atoms with Crippen LogP contribution in [0, 0.1) is 5.82 Å². The second-order valence-corrected chi connectivity index (χ2v) is 5.30. The van der Waals surface area contributed by atoms with Crippen LogP contribution in [0.4, 0.5) is 4.39 Å². The minimum Gasteiger partial charge on any atom is -0.452 e. The zero-order valence-corrected chi connectivity index (χ0v) is 12.0. The third-order valence-corrected chi connectivity index (χ3v) is 3.60. The molecular weight excluding hydrogens is 293 g/mol. The summed E-state index contributed by atoms with van der Waals surface area (Å²) in [6.07, 6.45) is 0.737. The Morgan fingerprint density at radius 1 is 1.24 bits per heavy atom. The number of carbonyl (C=O) groups excluding carboxylic acids is 2. The molecular formula is C15H14FNO3S. The van der Waals surface area contributed by atoms with E-state index in [0.29, 0.717) is 6.54 Å². The van der Waals surface area contributed by atoms with Crippen LogP contribution < -0.4 is 5.32 Å². The molecule has 1 aromatic heterocycles. The van der Waals surface area contributed by atoms with E-state index in [1.807, 2.05) is 17.5 Å². The Labute approximate surface area is 125 Å². The minimum atomic E-state index is -0.720. The van der Waals surface area contributed by atoms with Crippen molar-refractivity contribution in [2.24, 2.45) is 0 Å². The predicted molar refractivity (Wildman–Crippen MR) is 77.7 cm³/mol. The average molecular weight is 307 g/mol. The van der Waals surface area contributed by atoms with E-state index in [0.717, 1.165) is 12.5 Å². The highest BCUT2D eigenvalue weighted by molar-refractivity contribution is 7.09. The van der Waals surface area contributed by atoms with Gasteiger partial charge in [-0.25, -0.2) is 9.18 Å². The number of thiophene rings is 1. The summed E-state index contributed by atoms with van der Waals surface area (Å²) >= 11 is 1.62. The van der Waals surface area contributed by atoms with E-state index in [2.05, 4.69) is 5.32 Å². The number of esters is 1. The fourth-order valence-corrected chi connectivity index (χ4v) is 2.37. The molecule has 2 rings (SSSR count). The molecule has 0 saturated heterocycles. The van der Waals surface area contributed by atoms with E-state index in [9.17, 15) is 14.0 Å². The molecule has 2 aromatic rings. The van der Waals surface area contributed by atoms with Crippen LogP contribution in [0.3, 0.4) is 0 Å². The van der Waals surface area contributed by atoms with Crippen LogP contribution in [0.25, 0.3) is 0 Å². The van der Waals surface area contributed by atoms with Crippen molar-refractivity contribution < 1.29 is 18.7 Å². The number of amides is 1. The Kier molecular flexibility index (Phi) is 5.45. The van der Waals surface area contributed by atoms with E-state index < -0.39 is 11.8 Å². The molecule has 0 saturated carbocycles. The first kappa shape index (κ1) is 15.2. The second-order valence-electron chi connectivity index (χ2n) is 4.27. The summed E-state index contributed by atoms with van der Waals surface area (Å²) in [6, 6.07) is 9.07. The van der Waals surface area contributed by atoms with Crippen LogP contribution in [-0.4, -0.2) is 25.0 Å². The van der Waals surface area contributed by atoms with Crippen molar-refractivity contribution in [3.8, 4) is 0 Å². The molecule has 1 N–H and O–H groups in total. The maximum atomic E-state index is 12.9. The van der Waals surface area contributed by atoms with Gasteiger partial charge in [-0.05, 0) is 36.1 Å². The first-order valence-electron chi connectivity index (χ1n) is 6.37. The highest BCUT2D eigenvalue weighted by Crippen LogP contribution is 2.08. The Hall–Kier alpha value is -2.21. The Bertz CT molecular complexity index is 613. The number of nitrogens with one attached hydrogen (secondary N) is 1. The number of hydrogen-bond acceptors (Lipinski definition) is 4. The molecule has 0 spiro atoms. The first-order valence-corrected chi connectivity index (χ1v) is 7.25. The lowest BCUT2D eigenvalue weighted by atomic mass is 10.2. The quantitative estimate of drug-likeness (QED) is 0.834. The van der Waals surface area contributed by atoms with Gasteiger partial charge in [0, 0.05) is 11.4 Å². The fourth-order valence-electron chi connectivity index (χ4n) is 1.66. The highest BCUT2D eigenvalue weighted by atomic mass is 32.1. The summed E-state index contributed by atoms with van der Waals surface area (Å²) in [5.41, 5.74) is 0.0846. The van der Waals surface area contributed by atoms with Crippen LogP contribution in [0.1, 0.15) is 15.2 Å². The predicted octanol–water partition coefficient (Wildman–Crippen LogP) is 2.40. The summed E-state index contributed by atoms with van der Waals surface area (Å²) in [7, 11) is 0. The van der Waals surface area contributed by atoms with Crippen LogP contribution in [0.15, 0.2) is 41.8 Å². The Morgan fingerprint density at radius 3 is 2.81 bits per heavy atom. The fraction of sp³-hybridized carbons (Fsp3) is 0.200. The van der Waals surface area contributed by atoms with Crippen molar-refractivity contribution >= 4 is 23.2 Å². The summed E-state index contributed by atoms with van der Waals surface area (Å²) in [6.45, 7) is 0.108. The van der Waals surface area contributed by atoms with Crippen molar-refractivity contribution in [1.29, 1.82) is 0 Å². The molecule has 0 bridgehead atoms. The van der Waals surface area contributed by atoms with Gasteiger partial charge in [0.2, 0.25) is 0 Å². The molecule has 1 aromatic carbocycles. The third-order valence-electron chi connectivity index (χ3n) is 2.67. The van der Waals surface area contributed by atoms with Gasteiger partial charge in [-0.3, -0.25) is 4.79 Å². The molecule has 0 aliphatic rings. The number of halogens is 1. The third kappa shape index (κ3) is 5.00. The SMILES string of the molecule is O=C(COC(=O)c1cccc(F)c1)NCCc1cccs1. The molecule has 0 aliphatic heterocycles. The lowest BCUT2D eigenvalue weighted by Gasteiger charge is -2.06. The summed E-state index contributed by atoms with van der Waals surface area (Å²) in [5.74, 6) is -1.62. The lowest BCUT2D eigenvalue weighted by molar-refractivity contribution is -0.124. The molecule has 1 amide bonds. The van der Waals surface area contributed by atoms with Crippen LogP contribution in [0.5, 0.6) is 0 Å². The number of hydrogen-bond donors (Lipinski definition) is 1. The van der Waals surface area contributed by atoms with Gasteiger partial charge in [0.15, 0.2) is 6.61 Å². The van der Waals surface area contributed by atoms with Gasteiger partial charge >= 0.3 is 5.97 Å². The zero-order chi connectivity index (χ0) is 15.1. The number of benzene rings is 1. The number of ether oxygens (including phenoxy) is 1. The van der Waals surface area contributed by atoms with Crippen LogP contribution in [0.2, 0.25) is 0 Å². The molecule has 110 valence electrons. The van der Waals surface area contributed by atoms with E-state index in [-0.39, 0.29) is 18.1 Å². The lowest BCUT2D eigenvalue weighted by Crippen LogP contribution is -2.30. The zero-order valence-electron chi connectivity index (χ0n) is 11.2. The van der Waals surface area contributed by atoms with E-state index in [1.54, 1.807) is 11.3 Å². The largest absolute Gasteiger partial charge is 0.452 e. The molecule has 6 heteroatoms. The van der Waals surface area contributed by atoms with Crippen molar-refractivity contribution in [3.63, 3.8) is 0 Å². The van der Waals surface area contributed by atoms with Gasteiger partial charge in [-0.2, -0.15) is 0 Å². The van der Waals surface area contributed by atoms with Crippen molar-refractivity contribution in [3.05, 3.63) is 58.0 Å². The van der Waals surface area contributed by atoms with Crippen molar-refractivity contribution in [1.82, 2.24) is 5.32 Å². The number of rotatable bonds is 6. The van der Waals surface area contributed by atoms with Gasteiger partial charge in [0.05, 0.1) is 5.56 Å². The number of carbonyl (C=O) groups is 2. The molecule has 0 aliphatic carbocycles. The molecule has 0 unspecified atom stereocenters. The average Bonchev–Trinajstić information content (AvgIpc) is 2.98. The monoisotopic (exact) mass is 307 g/mol. The van der Waals surface area contributed by atoms with Crippen molar-refractivity contribution in [2.45, 2.75) is 6.42 Å². The summed E-state index contributed by atoms with van der Waals surface area (Å²) in [5, 5.41) is 4.63. The first-order chi connectivity index (χ1) is 10.1. The highest BCUT2D eigenvalue weighted by Gasteiger charge is 2.10. The Balaban J connectivity index is 1.70. The minimum absolute atomic E-state index is 0.0846. The molecule has 0 fully saturated rings. The topological polar surface area (TPSA) is 55.4 Å². The normalized spacial score (nSPS) is 10.1. The maximum absolute atomic E-state index is 12.9. The van der Waals surface area contributed by atoms with Gasteiger partial charge in [0.1, 0.15) is 5.82 Å². The van der Waals surface area contributed by atoms with E-state index in [4.69, 9.17) is 4.74 Å². The van der Waals surface area contributed by atoms with Crippen LogP contribution in [-0.2, 0) is 16.0 Å². The van der Waals surface area contributed by atoms with Gasteiger partial charge in [-0.1, -0.05) is 12.1 Å². The van der Waals surface area contributed by atoms with Gasteiger partial charge in [0.25, 0.3) is 5.91 Å². The second kappa shape index (κ2) is 7.54. The van der Waals surface area contributed by atoms with Gasteiger partial charge in [-0.15, -0.1) is 11.3 Å². The standard InChI is InChI=1S/C15H14FNO3S/c16-12-4-1-3-11(9-12)15(19)20-10-14(18)17-7-6-13-5-2-8-21-13/h1-5,8-9H,6-7,10H2,(H,17,18). The molecule has 21 heavy (non-hydrogen) atoms. The molecule has 0 atom stereocenters. The molecule has 4 nitrogen and oxygen atoms in total. The van der Waals surface area contributed by atoms with Crippen LogP contribution >= 0.6 is 11.3 Å².